The smallest absolute Gasteiger partial charge is 0.243 e. The standard InChI is InChI=1S/C18H17ClF2N2O3S/c19-13-3-6-15(7-4-13)27(25,26)23-9-1-2-12(11-23)18(24)22-17-10-14(20)5-8-16(17)21/h3-8,10,12H,1-2,9,11H2,(H,22,24)/t12-/m0/s1. The van der Waals surface area contributed by atoms with Crippen molar-refractivity contribution in [1.82, 2.24) is 4.31 Å². The van der Waals surface area contributed by atoms with Gasteiger partial charge < -0.3 is 5.32 Å². The molecule has 9 heteroatoms. The summed E-state index contributed by atoms with van der Waals surface area (Å²) >= 11 is 5.79. The molecule has 2 aromatic rings. The summed E-state index contributed by atoms with van der Waals surface area (Å²) in [5.41, 5.74) is -0.266. The van der Waals surface area contributed by atoms with Gasteiger partial charge in [0, 0.05) is 24.2 Å². The van der Waals surface area contributed by atoms with E-state index < -0.39 is 33.5 Å². The van der Waals surface area contributed by atoms with Gasteiger partial charge in [0.15, 0.2) is 0 Å². The van der Waals surface area contributed by atoms with E-state index in [9.17, 15) is 22.0 Å². The molecule has 1 atom stereocenters. The normalized spacial score (nSPS) is 18.3. The molecule has 144 valence electrons. The minimum atomic E-state index is -3.77. The zero-order valence-electron chi connectivity index (χ0n) is 14.2. The number of nitrogens with one attached hydrogen (secondary N) is 1. The van der Waals surface area contributed by atoms with E-state index in [1.165, 1.54) is 28.6 Å². The Hall–Kier alpha value is -2.03. The molecule has 1 amide bonds. The predicted octanol–water partition coefficient (Wildman–Crippen LogP) is 3.66. The van der Waals surface area contributed by atoms with Crippen molar-refractivity contribution in [2.75, 3.05) is 18.4 Å². The first-order valence-corrected chi connectivity index (χ1v) is 10.1. The number of benzene rings is 2. The molecule has 3 rings (SSSR count). The topological polar surface area (TPSA) is 66.5 Å². The fraction of sp³-hybridized carbons (Fsp3) is 0.278. The molecule has 0 saturated carbocycles. The van der Waals surface area contributed by atoms with E-state index in [1.54, 1.807) is 0 Å². The van der Waals surface area contributed by atoms with E-state index in [2.05, 4.69) is 5.32 Å². The number of sulfonamides is 1. The minimum Gasteiger partial charge on any atom is -0.323 e. The van der Waals surface area contributed by atoms with Crippen LogP contribution in [0.25, 0.3) is 0 Å². The van der Waals surface area contributed by atoms with Gasteiger partial charge in [-0.25, -0.2) is 17.2 Å². The van der Waals surface area contributed by atoms with E-state index in [0.29, 0.717) is 17.9 Å². The number of amides is 1. The molecule has 1 fully saturated rings. The minimum absolute atomic E-state index is 0.0340. The Morgan fingerprint density at radius 1 is 1.15 bits per heavy atom. The second-order valence-electron chi connectivity index (χ2n) is 6.27. The number of hydrogen-bond acceptors (Lipinski definition) is 3. The predicted molar refractivity (Wildman–Crippen MR) is 97.9 cm³/mol. The molecule has 0 bridgehead atoms. The molecular weight excluding hydrogens is 398 g/mol. The van der Waals surface area contributed by atoms with Crippen molar-refractivity contribution < 1.29 is 22.0 Å². The van der Waals surface area contributed by atoms with Crippen LogP contribution in [-0.2, 0) is 14.8 Å². The Kier molecular flexibility index (Phi) is 5.78. The summed E-state index contributed by atoms with van der Waals surface area (Å²) in [5.74, 6) is -2.65. The zero-order chi connectivity index (χ0) is 19.6. The number of anilines is 1. The molecule has 0 aliphatic carbocycles. The largest absolute Gasteiger partial charge is 0.323 e. The Morgan fingerprint density at radius 2 is 1.85 bits per heavy atom. The number of halogens is 3. The van der Waals surface area contributed by atoms with Crippen LogP contribution in [0.3, 0.4) is 0 Å². The third kappa shape index (κ3) is 4.45. The van der Waals surface area contributed by atoms with Crippen LogP contribution in [0, 0.1) is 17.6 Å². The van der Waals surface area contributed by atoms with Gasteiger partial charge in [0.2, 0.25) is 15.9 Å². The fourth-order valence-corrected chi connectivity index (χ4v) is 4.61. The first-order valence-electron chi connectivity index (χ1n) is 8.29. The Morgan fingerprint density at radius 3 is 2.56 bits per heavy atom. The van der Waals surface area contributed by atoms with Crippen LogP contribution in [0.5, 0.6) is 0 Å². The van der Waals surface area contributed by atoms with Crippen LogP contribution in [0.2, 0.25) is 5.02 Å². The molecule has 1 heterocycles. The van der Waals surface area contributed by atoms with Gasteiger partial charge in [-0.3, -0.25) is 4.79 Å². The van der Waals surface area contributed by atoms with Crippen molar-refractivity contribution in [3.63, 3.8) is 0 Å². The van der Waals surface area contributed by atoms with Crippen molar-refractivity contribution in [3.8, 4) is 0 Å². The number of carbonyl (C=O) groups excluding carboxylic acids is 1. The molecule has 2 aromatic carbocycles. The number of hydrogen-bond donors (Lipinski definition) is 1. The Labute approximate surface area is 161 Å². The summed E-state index contributed by atoms with van der Waals surface area (Å²) in [6.45, 7) is 0.247. The molecule has 0 aromatic heterocycles. The molecule has 0 spiro atoms. The van der Waals surface area contributed by atoms with Gasteiger partial charge in [0.05, 0.1) is 16.5 Å². The van der Waals surface area contributed by atoms with E-state index >= 15 is 0 Å². The highest BCUT2D eigenvalue weighted by Crippen LogP contribution is 2.26. The van der Waals surface area contributed by atoms with Gasteiger partial charge in [0.25, 0.3) is 0 Å². The zero-order valence-corrected chi connectivity index (χ0v) is 15.7. The van der Waals surface area contributed by atoms with Gasteiger partial charge >= 0.3 is 0 Å². The lowest BCUT2D eigenvalue weighted by Gasteiger charge is -2.31. The van der Waals surface area contributed by atoms with Gasteiger partial charge in [-0.2, -0.15) is 4.31 Å². The van der Waals surface area contributed by atoms with Crippen molar-refractivity contribution in [2.24, 2.45) is 5.92 Å². The van der Waals surface area contributed by atoms with E-state index in [-0.39, 0.29) is 23.7 Å². The van der Waals surface area contributed by atoms with Gasteiger partial charge in [0.1, 0.15) is 11.6 Å². The summed E-state index contributed by atoms with van der Waals surface area (Å²) < 4.78 is 53.7. The third-order valence-corrected chi connectivity index (χ3v) is 6.52. The lowest BCUT2D eigenvalue weighted by molar-refractivity contribution is -0.120. The van der Waals surface area contributed by atoms with Gasteiger partial charge in [-0.1, -0.05) is 11.6 Å². The highest BCUT2D eigenvalue weighted by molar-refractivity contribution is 7.89. The van der Waals surface area contributed by atoms with Gasteiger partial charge in [-0.15, -0.1) is 0 Å². The lowest BCUT2D eigenvalue weighted by Crippen LogP contribution is -2.43. The molecule has 0 unspecified atom stereocenters. The first kappa shape index (κ1) is 19.7. The maximum Gasteiger partial charge on any atom is 0.243 e. The maximum atomic E-state index is 13.7. The van der Waals surface area contributed by atoms with Crippen LogP contribution in [0.15, 0.2) is 47.4 Å². The number of piperidine rings is 1. The second kappa shape index (κ2) is 7.92. The molecule has 0 radical (unpaired) electrons. The number of carbonyl (C=O) groups is 1. The van der Waals surface area contributed by atoms with Crippen LogP contribution in [-0.4, -0.2) is 31.7 Å². The average molecular weight is 415 g/mol. The fourth-order valence-electron chi connectivity index (χ4n) is 2.96. The quantitative estimate of drug-likeness (QED) is 0.830. The summed E-state index contributed by atoms with van der Waals surface area (Å²) in [5, 5.41) is 2.77. The molecular formula is C18H17ClF2N2O3S. The van der Waals surface area contributed by atoms with E-state index in [4.69, 9.17) is 11.6 Å². The highest BCUT2D eigenvalue weighted by atomic mass is 35.5. The van der Waals surface area contributed by atoms with Crippen LogP contribution in [0.1, 0.15) is 12.8 Å². The Balaban J connectivity index is 1.74. The summed E-state index contributed by atoms with van der Waals surface area (Å²) in [7, 11) is -3.77. The molecule has 1 N–H and O–H groups in total. The second-order valence-corrected chi connectivity index (χ2v) is 8.64. The molecule has 5 nitrogen and oxygen atoms in total. The van der Waals surface area contributed by atoms with Crippen LogP contribution < -0.4 is 5.32 Å². The summed E-state index contributed by atoms with van der Waals surface area (Å²) in [6.07, 6.45) is 0.936. The molecule has 27 heavy (non-hydrogen) atoms. The SMILES string of the molecule is O=C(Nc1cc(F)ccc1F)[C@H]1CCCN(S(=O)(=O)c2ccc(Cl)cc2)C1. The summed E-state index contributed by atoms with van der Waals surface area (Å²) in [4.78, 5) is 12.5. The number of rotatable bonds is 4. The summed E-state index contributed by atoms with van der Waals surface area (Å²) in [6, 6.07) is 8.53. The molecule has 1 aliphatic heterocycles. The van der Waals surface area contributed by atoms with Gasteiger partial charge in [-0.05, 0) is 49.2 Å². The monoisotopic (exact) mass is 414 g/mol. The number of nitrogens with zero attached hydrogens (tertiary/aromatic N) is 1. The highest BCUT2D eigenvalue weighted by Gasteiger charge is 2.33. The van der Waals surface area contributed by atoms with E-state index in [1.807, 2.05) is 0 Å². The van der Waals surface area contributed by atoms with Crippen molar-refractivity contribution in [2.45, 2.75) is 17.7 Å². The first-order chi connectivity index (χ1) is 12.8. The van der Waals surface area contributed by atoms with Crippen molar-refractivity contribution in [1.29, 1.82) is 0 Å². The molecule has 1 aliphatic rings. The third-order valence-electron chi connectivity index (χ3n) is 4.39. The molecule has 1 saturated heterocycles. The van der Waals surface area contributed by atoms with Crippen molar-refractivity contribution in [3.05, 3.63) is 59.1 Å². The van der Waals surface area contributed by atoms with Crippen LogP contribution >= 0.6 is 11.6 Å². The van der Waals surface area contributed by atoms with E-state index in [0.717, 1.165) is 18.2 Å². The Bertz CT molecular complexity index is 952. The van der Waals surface area contributed by atoms with Crippen molar-refractivity contribution >= 4 is 33.2 Å². The average Bonchev–Trinajstić information content (AvgIpc) is 2.65. The lowest BCUT2D eigenvalue weighted by atomic mass is 9.98. The van der Waals surface area contributed by atoms with Crippen LogP contribution in [0.4, 0.5) is 14.5 Å². The maximum absolute atomic E-state index is 13.7.